The SMILES string of the molecule is COc1cc(Nc2ccc([N+](=O)[O-])c3c2cc(C(=O)NS(=O)(=O)c2ccccc2)n3C)cc(OC)c1. The molecule has 2 N–H and O–H groups in total. The number of benzene rings is 3. The van der Waals surface area contributed by atoms with Crippen LogP contribution in [0.1, 0.15) is 10.5 Å². The second kappa shape index (κ2) is 9.58. The van der Waals surface area contributed by atoms with Gasteiger partial charge < -0.3 is 19.4 Å². The lowest BCUT2D eigenvalue weighted by Gasteiger charge is -2.12. The summed E-state index contributed by atoms with van der Waals surface area (Å²) in [5.41, 5.74) is 0.841. The van der Waals surface area contributed by atoms with E-state index in [-0.39, 0.29) is 21.8 Å². The number of amides is 1. The van der Waals surface area contributed by atoms with E-state index in [0.717, 1.165) is 0 Å². The summed E-state index contributed by atoms with van der Waals surface area (Å²) in [6, 6.07) is 16.7. The van der Waals surface area contributed by atoms with Crippen LogP contribution in [0.25, 0.3) is 10.9 Å². The van der Waals surface area contributed by atoms with Crippen LogP contribution >= 0.6 is 0 Å². The largest absolute Gasteiger partial charge is 0.497 e. The number of carbonyl (C=O) groups excluding carboxylic acids is 1. The van der Waals surface area contributed by atoms with Crippen molar-refractivity contribution in [3.8, 4) is 11.5 Å². The first-order valence-electron chi connectivity index (χ1n) is 10.5. The lowest BCUT2D eigenvalue weighted by molar-refractivity contribution is -0.383. The van der Waals surface area contributed by atoms with Gasteiger partial charge in [-0.2, -0.15) is 0 Å². The third-order valence-corrected chi connectivity index (χ3v) is 6.86. The number of hydrogen-bond acceptors (Lipinski definition) is 8. The van der Waals surface area contributed by atoms with Crippen molar-refractivity contribution in [3.05, 3.63) is 82.5 Å². The lowest BCUT2D eigenvalue weighted by Crippen LogP contribution is -2.31. The molecule has 0 aliphatic heterocycles. The highest BCUT2D eigenvalue weighted by Gasteiger charge is 2.26. The Morgan fingerprint density at radius 2 is 1.61 bits per heavy atom. The first-order valence-corrected chi connectivity index (χ1v) is 12.0. The number of anilines is 2. The maximum absolute atomic E-state index is 13.0. The van der Waals surface area contributed by atoms with Gasteiger partial charge in [-0.3, -0.25) is 14.9 Å². The van der Waals surface area contributed by atoms with Gasteiger partial charge in [0, 0.05) is 48.1 Å². The monoisotopic (exact) mass is 510 g/mol. The van der Waals surface area contributed by atoms with Gasteiger partial charge in [-0.05, 0) is 24.3 Å². The fourth-order valence-corrected chi connectivity index (χ4v) is 4.77. The number of hydrogen-bond donors (Lipinski definition) is 2. The minimum absolute atomic E-state index is 0.0786. The van der Waals surface area contributed by atoms with Crippen LogP contribution in [0.15, 0.2) is 71.6 Å². The number of non-ortho nitro benzene ring substituents is 1. The highest BCUT2D eigenvalue weighted by Crippen LogP contribution is 2.36. The molecule has 4 rings (SSSR count). The van der Waals surface area contributed by atoms with E-state index in [1.54, 1.807) is 24.3 Å². The highest BCUT2D eigenvalue weighted by molar-refractivity contribution is 7.90. The Labute approximate surface area is 206 Å². The first kappa shape index (κ1) is 24.5. The van der Waals surface area contributed by atoms with Gasteiger partial charge in [-0.15, -0.1) is 0 Å². The molecule has 186 valence electrons. The van der Waals surface area contributed by atoms with Gasteiger partial charge in [0.1, 0.15) is 22.7 Å². The number of sulfonamides is 1. The molecular weight excluding hydrogens is 488 g/mol. The Morgan fingerprint density at radius 1 is 0.972 bits per heavy atom. The minimum atomic E-state index is -4.15. The molecule has 0 saturated heterocycles. The summed E-state index contributed by atoms with van der Waals surface area (Å²) < 4.78 is 39.2. The molecular formula is C24H22N4O7S. The third kappa shape index (κ3) is 4.66. The number of ether oxygens (including phenoxy) is 2. The molecule has 0 atom stereocenters. The zero-order chi connectivity index (χ0) is 26.0. The molecule has 1 aromatic heterocycles. The quantitative estimate of drug-likeness (QED) is 0.268. The van der Waals surface area contributed by atoms with E-state index in [0.29, 0.717) is 28.3 Å². The average molecular weight is 511 g/mol. The fraction of sp³-hybridized carbons (Fsp3) is 0.125. The summed E-state index contributed by atoms with van der Waals surface area (Å²) >= 11 is 0. The summed E-state index contributed by atoms with van der Waals surface area (Å²) in [6.45, 7) is 0. The van der Waals surface area contributed by atoms with E-state index in [9.17, 15) is 23.3 Å². The Hall–Kier alpha value is -4.58. The average Bonchev–Trinajstić information content (AvgIpc) is 3.22. The zero-order valence-corrected chi connectivity index (χ0v) is 20.3. The van der Waals surface area contributed by atoms with Crippen LogP contribution in [0.2, 0.25) is 0 Å². The van der Waals surface area contributed by atoms with Crippen LogP contribution in [-0.4, -0.2) is 38.0 Å². The molecule has 0 bridgehead atoms. The topological polar surface area (TPSA) is 142 Å². The van der Waals surface area contributed by atoms with Gasteiger partial charge in [-0.1, -0.05) is 18.2 Å². The Bertz CT molecular complexity index is 1560. The smallest absolute Gasteiger partial charge is 0.293 e. The van der Waals surface area contributed by atoms with Crippen molar-refractivity contribution >= 4 is 43.9 Å². The molecule has 1 amide bonds. The van der Waals surface area contributed by atoms with E-state index < -0.39 is 20.9 Å². The summed E-state index contributed by atoms with van der Waals surface area (Å²) in [6.07, 6.45) is 0. The number of aryl methyl sites for hydroxylation is 1. The second-order valence-corrected chi connectivity index (χ2v) is 9.40. The molecule has 0 radical (unpaired) electrons. The van der Waals surface area contributed by atoms with E-state index in [1.165, 1.54) is 68.3 Å². The molecule has 0 unspecified atom stereocenters. The molecule has 0 fully saturated rings. The fourth-order valence-electron chi connectivity index (χ4n) is 3.79. The van der Waals surface area contributed by atoms with Crippen LogP contribution in [0.3, 0.4) is 0 Å². The number of nitro benzene ring substituents is 1. The molecule has 36 heavy (non-hydrogen) atoms. The highest BCUT2D eigenvalue weighted by atomic mass is 32.2. The molecule has 3 aromatic carbocycles. The number of fused-ring (bicyclic) bond motifs is 1. The van der Waals surface area contributed by atoms with Crippen molar-refractivity contribution in [2.75, 3.05) is 19.5 Å². The Balaban J connectivity index is 1.80. The van der Waals surface area contributed by atoms with Crippen LogP contribution in [0, 0.1) is 10.1 Å². The number of carbonyl (C=O) groups is 1. The van der Waals surface area contributed by atoms with Crippen LogP contribution in [-0.2, 0) is 17.1 Å². The number of nitrogens with one attached hydrogen (secondary N) is 2. The summed E-state index contributed by atoms with van der Waals surface area (Å²) in [5, 5.41) is 15.3. The van der Waals surface area contributed by atoms with Crippen LogP contribution in [0.4, 0.5) is 17.1 Å². The van der Waals surface area contributed by atoms with Crippen LogP contribution < -0.4 is 19.5 Å². The molecule has 0 aliphatic carbocycles. The number of aromatic nitrogens is 1. The third-order valence-electron chi connectivity index (χ3n) is 5.51. The maximum atomic E-state index is 13.0. The number of methoxy groups -OCH3 is 2. The summed E-state index contributed by atoms with van der Waals surface area (Å²) in [7, 11) is 0.320. The van der Waals surface area contributed by atoms with Gasteiger partial charge >= 0.3 is 0 Å². The molecule has 0 spiro atoms. The van der Waals surface area contributed by atoms with Crippen molar-refractivity contribution in [2.45, 2.75) is 4.90 Å². The standard InChI is InChI=1S/C24H22N4O7S/c1-27-22(24(29)26-36(32,33)18-7-5-4-6-8-18)14-19-20(9-10-21(23(19)27)28(30)31)25-15-11-16(34-2)13-17(12-15)35-3/h4-14,25H,1-3H3,(H,26,29). The second-order valence-electron chi connectivity index (χ2n) is 7.71. The number of nitrogens with zero attached hydrogens (tertiary/aromatic N) is 2. The van der Waals surface area contributed by atoms with E-state index >= 15 is 0 Å². The number of nitro groups is 1. The predicted octanol–water partition coefficient (Wildman–Crippen LogP) is 3.97. The molecule has 4 aromatic rings. The molecule has 11 nitrogen and oxygen atoms in total. The van der Waals surface area contributed by atoms with E-state index in [4.69, 9.17) is 9.47 Å². The summed E-state index contributed by atoms with van der Waals surface area (Å²) in [4.78, 5) is 24.1. The summed E-state index contributed by atoms with van der Waals surface area (Å²) in [5.74, 6) is 0.115. The van der Waals surface area contributed by atoms with Crippen molar-refractivity contribution < 1.29 is 27.6 Å². The molecule has 12 heteroatoms. The van der Waals surface area contributed by atoms with Gasteiger partial charge in [0.25, 0.3) is 21.6 Å². The zero-order valence-electron chi connectivity index (χ0n) is 19.5. The molecule has 0 aliphatic rings. The normalized spacial score (nSPS) is 11.2. The van der Waals surface area contributed by atoms with E-state index in [2.05, 4.69) is 5.32 Å². The van der Waals surface area contributed by atoms with Crippen molar-refractivity contribution in [3.63, 3.8) is 0 Å². The molecule has 0 saturated carbocycles. The van der Waals surface area contributed by atoms with Gasteiger partial charge in [-0.25, -0.2) is 13.1 Å². The number of rotatable bonds is 8. The van der Waals surface area contributed by atoms with Gasteiger partial charge in [0.05, 0.1) is 24.0 Å². The van der Waals surface area contributed by atoms with Crippen molar-refractivity contribution in [1.29, 1.82) is 0 Å². The van der Waals surface area contributed by atoms with Crippen LogP contribution in [0.5, 0.6) is 11.5 Å². The van der Waals surface area contributed by atoms with Crippen molar-refractivity contribution in [2.24, 2.45) is 7.05 Å². The predicted molar refractivity (Wildman–Crippen MR) is 133 cm³/mol. The van der Waals surface area contributed by atoms with Gasteiger partial charge in [0.2, 0.25) is 0 Å². The lowest BCUT2D eigenvalue weighted by atomic mass is 10.1. The minimum Gasteiger partial charge on any atom is -0.497 e. The maximum Gasteiger partial charge on any atom is 0.293 e. The first-order chi connectivity index (χ1) is 17.1. The van der Waals surface area contributed by atoms with E-state index in [1.807, 2.05) is 4.72 Å². The Kier molecular flexibility index (Phi) is 6.53. The van der Waals surface area contributed by atoms with Gasteiger partial charge in [0.15, 0.2) is 0 Å². The Morgan fingerprint density at radius 3 is 2.19 bits per heavy atom. The van der Waals surface area contributed by atoms with Crippen molar-refractivity contribution in [1.82, 2.24) is 9.29 Å². The molecule has 1 heterocycles.